The molecule has 0 fully saturated rings. The van der Waals surface area contributed by atoms with Crippen LogP contribution in [0.3, 0.4) is 0 Å². The van der Waals surface area contributed by atoms with Crippen LogP contribution < -0.4 is 5.32 Å². The monoisotopic (exact) mass is 419 g/mol. The van der Waals surface area contributed by atoms with Gasteiger partial charge >= 0.3 is 18.3 Å². The maximum absolute atomic E-state index is 12.8. The minimum atomic E-state index is -4.67. The van der Waals surface area contributed by atoms with E-state index in [1.54, 1.807) is 0 Å². The number of benzene rings is 2. The summed E-state index contributed by atoms with van der Waals surface area (Å²) in [5.74, 6) is -1.96. The second kappa shape index (κ2) is 8.54. The molecule has 0 saturated heterocycles. The van der Waals surface area contributed by atoms with Gasteiger partial charge in [0, 0.05) is 12.0 Å². The molecule has 156 valence electrons. The molecule has 0 aliphatic heterocycles. The Balaban J connectivity index is 2.24. The smallest absolute Gasteiger partial charge is 0.416 e. The van der Waals surface area contributed by atoms with Gasteiger partial charge in [0.2, 0.25) is 0 Å². The molecule has 0 saturated carbocycles. The third kappa shape index (κ3) is 5.97. The van der Waals surface area contributed by atoms with Gasteiger partial charge in [-0.2, -0.15) is 26.3 Å². The number of nitrogens with one attached hydrogen (secondary N) is 1. The molecule has 0 heterocycles. The number of halogens is 6. The lowest BCUT2D eigenvalue weighted by Gasteiger charge is -2.18. The van der Waals surface area contributed by atoms with Crippen LogP contribution in [0.5, 0.6) is 0 Å². The third-order valence-electron chi connectivity index (χ3n) is 3.94. The second-order valence-electron chi connectivity index (χ2n) is 6.03. The summed E-state index contributed by atoms with van der Waals surface area (Å²) in [6, 6.07) is 6.24. The molecular weight excluding hydrogens is 404 g/mol. The van der Waals surface area contributed by atoms with E-state index in [0.717, 1.165) is 43.5 Å². The molecule has 2 rings (SSSR count). The van der Waals surface area contributed by atoms with Crippen molar-refractivity contribution in [2.24, 2.45) is 0 Å². The lowest BCUT2D eigenvalue weighted by atomic mass is 10.0. The highest BCUT2D eigenvalue weighted by molar-refractivity contribution is 5.97. The number of hydrogen-bond acceptors (Lipinski definition) is 3. The molecule has 0 aliphatic carbocycles. The molecule has 1 amide bonds. The number of ether oxygens (including phenoxy) is 1. The molecule has 0 aliphatic rings. The first-order valence-electron chi connectivity index (χ1n) is 8.14. The van der Waals surface area contributed by atoms with Crippen molar-refractivity contribution in [1.29, 1.82) is 0 Å². The standard InChI is InChI=1S/C19H15F6NO3/c1-29-17(28)15(9-11-4-2-6-13(8-11)18(20,21)22)26-16(27)12-5-3-7-14(10-12)19(23,24)25/h2-8,10,15H,9H2,1H3,(H,26,27)/t15-/m0/s1. The quantitative estimate of drug-likeness (QED) is 0.583. The van der Waals surface area contributed by atoms with Crippen LogP contribution in [0, 0.1) is 0 Å². The fourth-order valence-corrected chi connectivity index (χ4v) is 2.52. The van der Waals surface area contributed by atoms with Crippen molar-refractivity contribution in [3.63, 3.8) is 0 Å². The van der Waals surface area contributed by atoms with Crippen molar-refractivity contribution in [2.45, 2.75) is 24.8 Å². The van der Waals surface area contributed by atoms with E-state index in [2.05, 4.69) is 10.1 Å². The van der Waals surface area contributed by atoms with E-state index in [0.29, 0.717) is 6.07 Å². The van der Waals surface area contributed by atoms with Gasteiger partial charge in [-0.25, -0.2) is 4.79 Å². The SMILES string of the molecule is COC(=O)[C@H](Cc1cccc(C(F)(F)F)c1)NC(=O)c1cccc(C(F)(F)F)c1. The normalized spacial score (nSPS) is 12.9. The van der Waals surface area contributed by atoms with Gasteiger partial charge in [0.15, 0.2) is 0 Å². The number of carbonyl (C=O) groups is 2. The topological polar surface area (TPSA) is 55.4 Å². The molecule has 0 aromatic heterocycles. The molecule has 2 aromatic carbocycles. The summed E-state index contributed by atoms with van der Waals surface area (Å²) in [6.45, 7) is 0. The van der Waals surface area contributed by atoms with Crippen molar-refractivity contribution >= 4 is 11.9 Å². The fraction of sp³-hybridized carbons (Fsp3) is 0.263. The largest absolute Gasteiger partial charge is 0.467 e. The van der Waals surface area contributed by atoms with Gasteiger partial charge in [-0.15, -0.1) is 0 Å². The first-order chi connectivity index (χ1) is 13.4. The van der Waals surface area contributed by atoms with E-state index in [4.69, 9.17) is 0 Å². The number of alkyl halides is 6. The van der Waals surface area contributed by atoms with Gasteiger partial charge in [0.25, 0.3) is 5.91 Å². The molecule has 4 nitrogen and oxygen atoms in total. The zero-order valence-corrected chi connectivity index (χ0v) is 14.9. The van der Waals surface area contributed by atoms with E-state index in [1.807, 2.05) is 0 Å². The van der Waals surface area contributed by atoms with Gasteiger partial charge in [-0.3, -0.25) is 4.79 Å². The molecule has 0 unspecified atom stereocenters. The van der Waals surface area contributed by atoms with Crippen molar-refractivity contribution in [3.05, 3.63) is 70.8 Å². The maximum Gasteiger partial charge on any atom is 0.416 e. The molecule has 0 spiro atoms. The van der Waals surface area contributed by atoms with Crippen molar-refractivity contribution in [3.8, 4) is 0 Å². The summed E-state index contributed by atoms with van der Waals surface area (Å²) in [4.78, 5) is 24.3. The van der Waals surface area contributed by atoms with Crippen LogP contribution in [0.2, 0.25) is 0 Å². The molecule has 29 heavy (non-hydrogen) atoms. The zero-order valence-electron chi connectivity index (χ0n) is 14.9. The van der Waals surface area contributed by atoms with Crippen LogP contribution in [-0.2, 0) is 28.3 Å². The van der Waals surface area contributed by atoms with E-state index >= 15 is 0 Å². The Morgan fingerprint density at radius 2 is 1.48 bits per heavy atom. The van der Waals surface area contributed by atoms with Crippen LogP contribution in [-0.4, -0.2) is 25.0 Å². The number of hydrogen-bond donors (Lipinski definition) is 1. The first-order valence-corrected chi connectivity index (χ1v) is 8.14. The number of amides is 1. The van der Waals surface area contributed by atoms with Crippen LogP contribution in [0.15, 0.2) is 48.5 Å². The summed E-state index contributed by atoms with van der Waals surface area (Å²) >= 11 is 0. The zero-order chi connectivity index (χ0) is 21.8. The molecular formula is C19H15F6NO3. The van der Waals surface area contributed by atoms with E-state index in [1.165, 1.54) is 6.07 Å². The Hall–Kier alpha value is -3.04. The number of rotatable bonds is 5. The second-order valence-corrected chi connectivity index (χ2v) is 6.03. The van der Waals surface area contributed by atoms with E-state index < -0.39 is 41.4 Å². The summed E-state index contributed by atoms with van der Waals surface area (Å²) in [5, 5.41) is 2.21. The molecule has 0 bridgehead atoms. The van der Waals surface area contributed by atoms with Crippen molar-refractivity contribution < 1.29 is 40.7 Å². The average Bonchev–Trinajstić information content (AvgIpc) is 2.65. The molecule has 1 N–H and O–H groups in total. The van der Waals surface area contributed by atoms with E-state index in [9.17, 15) is 35.9 Å². The predicted octanol–water partition coefficient (Wildman–Crippen LogP) is 4.24. The van der Waals surface area contributed by atoms with E-state index in [-0.39, 0.29) is 17.5 Å². The van der Waals surface area contributed by atoms with Gasteiger partial charge in [-0.1, -0.05) is 24.3 Å². The highest BCUT2D eigenvalue weighted by Crippen LogP contribution is 2.30. The Kier molecular flexibility index (Phi) is 6.55. The van der Waals surface area contributed by atoms with Gasteiger partial charge in [0.05, 0.1) is 18.2 Å². The maximum atomic E-state index is 12.8. The first kappa shape index (κ1) is 22.3. The van der Waals surface area contributed by atoms with Crippen LogP contribution in [0.1, 0.15) is 27.0 Å². The third-order valence-corrected chi connectivity index (χ3v) is 3.94. The summed E-state index contributed by atoms with van der Waals surface area (Å²) in [5.41, 5.74) is -2.28. The fourth-order valence-electron chi connectivity index (χ4n) is 2.52. The minimum absolute atomic E-state index is 0.0829. The van der Waals surface area contributed by atoms with Gasteiger partial charge < -0.3 is 10.1 Å². The molecule has 10 heteroatoms. The minimum Gasteiger partial charge on any atom is -0.467 e. The highest BCUT2D eigenvalue weighted by atomic mass is 19.4. The Morgan fingerprint density at radius 1 is 0.931 bits per heavy atom. The molecule has 0 radical (unpaired) electrons. The summed E-state index contributed by atoms with van der Waals surface area (Å²) in [7, 11) is 1.01. The lowest BCUT2D eigenvalue weighted by Crippen LogP contribution is -2.43. The predicted molar refractivity (Wildman–Crippen MR) is 89.9 cm³/mol. The Morgan fingerprint density at radius 3 is 2.03 bits per heavy atom. The number of esters is 1. The lowest BCUT2D eigenvalue weighted by molar-refractivity contribution is -0.143. The summed E-state index contributed by atoms with van der Waals surface area (Å²) < 4.78 is 81.5. The van der Waals surface area contributed by atoms with Crippen LogP contribution in [0.4, 0.5) is 26.3 Å². The van der Waals surface area contributed by atoms with Gasteiger partial charge in [-0.05, 0) is 29.8 Å². The summed E-state index contributed by atoms with van der Waals surface area (Å²) in [6.07, 6.45) is -9.62. The molecule has 1 atom stereocenters. The van der Waals surface area contributed by atoms with Gasteiger partial charge in [0.1, 0.15) is 6.04 Å². The average molecular weight is 419 g/mol. The Labute approximate surface area is 161 Å². The van der Waals surface area contributed by atoms with Crippen molar-refractivity contribution in [1.82, 2.24) is 5.32 Å². The Bertz CT molecular complexity index is 892. The number of carbonyl (C=O) groups excluding carboxylic acids is 2. The molecule has 2 aromatic rings. The van der Waals surface area contributed by atoms with Crippen molar-refractivity contribution in [2.75, 3.05) is 7.11 Å². The van der Waals surface area contributed by atoms with Crippen LogP contribution in [0.25, 0.3) is 0 Å². The highest BCUT2D eigenvalue weighted by Gasteiger charge is 2.32. The number of methoxy groups -OCH3 is 1. The van der Waals surface area contributed by atoms with Crippen LogP contribution >= 0.6 is 0 Å².